The number of nitrogens with zero attached hydrogens (tertiary/aromatic N) is 5. The van der Waals surface area contributed by atoms with Crippen molar-refractivity contribution in [3.63, 3.8) is 0 Å². The zero-order chi connectivity index (χ0) is 19.7. The Bertz CT molecular complexity index is 1090. The van der Waals surface area contributed by atoms with Crippen molar-refractivity contribution < 1.29 is 9.53 Å². The number of amides is 1. The number of aromatic nitrogens is 5. The van der Waals surface area contributed by atoms with Crippen LogP contribution >= 0.6 is 11.6 Å². The van der Waals surface area contributed by atoms with Crippen LogP contribution < -0.4 is 10.9 Å². The Balaban J connectivity index is 1.55. The minimum atomic E-state index is -0.429. The number of hydrogen-bond acceptors (Lipinski definition) is 6. The molecule has 9 nitrogen and oxygen atoms in total. The van der Waals surface area contributed by atoms with Crippen molar-refractivity contribution in [2.24, 2.45) is 0 Å². The molecule has 4 rings (SSSR count). The van der Waals surface area contributed by atoms with Crippen molar-refractivity contribution in [1.29, 1.82) is 0 Å². The number of hydrogen-bond donors (Lipinski definition) is 1. The van der Waals surface area contributed by atoms with Gasteiger partial charge in [0.25, 0.3) is 5.56 Å². The summed E-state index contributed by atoms with van der Waals surface area (Å²) in [4.78, 5) is 29.1. The summed E-state index contributed by atoms with van der Waals surface area (Å²) in [7, 11) is 0. The second-order valence-corrected chi connectivity index (χ2v) is 7.13. The molecule has 2 aromatic heterocycles. The number of aryl methyl sites for hydroxylation is 1. The summed E-state index contributed by atoms with van der Waals surface area (Å²) in [5, 5.41) is 11.3. The Kier molecular flexibility index (Phi) is 5.10. The van der Waals surface area contributed by atoms with Gasteiger partial charge in [-0.1, -0.05) is 22.9 Å². The first kappa shape index (κ1) is 18.6. The van der Waals surface area contributed by atoms with Gasteiger partial charge in [-0.3, -0.25) is 14.2 Å². The summed E-state index contributed by atoms with van der Waals surface area (Å²) in [5.41, 5.74) is 1.55. The Labute approximate surface area is 165 Å². The number of fused-ring (bicyclic) bond motifs is 1. The zero-order valence-electron chi connectivity index (χ0n) is 15.3. The number of ether oxygens (including phenoxy) is 1. The van der Waals surface area contributed by atoms with Crippen LogP contribution in [0.4, 0.5) is 0 Å². The van der Waals surface area contributed by atoms with E-state index in [1.165, 1.54) is 15.6 Å². The molecular weight excluding hydrogens is 384 g/mol. The highest BCUT2D eigenvalue weighted by molar-refractivity contribution is 6.31. The molecule has 1 atom stereocenters. The lowest BCUT2D eigenvalue weighted by Gasteiger charge is -2.11. The molecule has 0 aliphatic carbocycles. The van der Waals surface area contributed by atoms with Crippen LogP contribution in [-0.2, 0) is 16.1 Å². The van der Waals surface area contributed by atoms with E-state index in [1.54, 1.807) is 6.07 Å². The first-order valence-electron chi connectivity index (χ1n) is 8.98. The third-order valence-electron chi connectivity index (χ3n) is 4.69. The second kappa shape index (κ2) is 7.69. The van der Waals surface area contributed by atoms with Gasteiger partial charge in [-0.2, -0.15) is 4.68 Å². The van der Waals surface area contributed by atoms with E-state index < -0.39 is 5.56 Å². The van der Waals surface area contributed by atoms with Crippen LogP contribution in [0, 0.1) is 6.92 Å². The van der Waals surface area contributed by atoms with Gasteiger partial charge in [0.15, 0.2) is 11.2 Å². The van der Waals surface area contributed by atoms with Crippen molar-refractivity contribution >= 4 is 28.7 Å². The number of carbonyl (C=O) groups is 1. The highest BCUT2D eigenvalue weighted by Crippen LogP contribution is 2.20. The third kappa shape index (κ3) is 3.63. The molecular formula is C18H19ClN6O3. The summed E-state index contributed by atoms with van der Waals surface area (Å²) < 4.78 is 8.13. The van der Waals surface area contributed by atoms with Gasteiger partial charge in [0.2, 0.25) is 5.91 Å². The van der Waals surface area contributed by atoms with Gasteiger partial charge in [0, 0.05) is 18.2 Å². The Morgan fingerprint density at radius 1 is 1.43 bits per heavy atom. The number of benzene rings is 1. The van der Waals surface area contributed by atoms with Gasteiger partial charge >= 0.3 is 0 Å². The smallest absolute Gasteiger partial charge is 0.284 e. The summed E-state index contributed by atoms with van der Waals surface area (Å²) in [6.07, 6.45) is 3.30. The number of carbonyl (C=O) groups excluding carboxylic acids is 1. The molecule has 0 radical (unpaired) electrons. The van der Waals surface area contributed by atoms with Gasteiger partial charge in [-0.05, 0) is 37.5 Å². The Hall–Kier alpha value is -2.78. The van der Waals surface area contributed by atoms with E-state index in [4.69, 9.17) is 16.3 Å². The Morgan fingerprint density at radius 3 is 3.04 bits per heavy atom. The number of nitrogens with one attached hydrogen (secondary N) is 1. The van der Waals surface area contributed by atoms with E-state index in [9.17, 15) is 9.59 Å². The van der Waals surface area contributed by atoms with E-state index in [0.717, 1.165) is 25.0 Å². The van der Waals surface area contributed by atoms with Crippen LogP contribution in [-0.4, -0.2) is 49.7 Å². The molecule has 0 spiro atoms. The van der Waals surface area contributed by atoms with Gasteiger partial charge < -0.3 is 10.1 Å². The predicted octanol–water partition coefficient (Wildman–Crippen LogP) is 1.23. The molecule has 146 valence electrons. The minimum absolute atomic E-state index is 0.0440. The maximum absolute atomic E-state index is 12.7. The van der Waals surface area contributed by atoms with Crippen molar-refractivity contribution in [1.82, 2.24) is 29.9 Å². The van der Waals surface area contributed by atoms with Gasteiger partial charge in [0.1, 0.15) is 12.9 Å². The molecule has 1 saturated heterocycles. The lowest BCUT2D eigenvalue weighted by Crippen LogP contribution is -2.36. The maximum Gasteiger partial charge on any atom is 0.284 e. The highest BCUT2D eigenvalue weighted by atomic mass is 35.5. The average Bonchev–Trinajstić information content (AvgIpc) is 3.34. The summed E-state index contributed by atoms with van der Waals surface area (Å²) in [6, 6.07) is 5.41. The summed E-state index contributed by atoms with van der Waals surface area (Å²) in [6.45, 7) is 2.92. The van der Waals surface area contributed by atoms with Crippen LogP contribution in [0.1, 0.15) is 18.4 Å². The largest absolute Gasteiger partial charge is 0.376 e. The molecule has 0 saturated carbocycles. The van der Waals surface area contributed by atoms with E-state index in [1.807, 2.05) is 19.1 Å². The lowest BCUT2D eigenvalue weighted by molar-refractivity contribution is -0.122. The monoisotopic (exact) mass is 402 g/mol. The minimum Gasteiger partial charge on any atom is -0.376 e. The molecule has 1 N–H and O–H groups in total. The van der Waals surface area contributed by atoms with Gasteiger partial charge in [-0.25, -0.2) is 4.98 Å². The van der Waals surface area contributed by atoms with Crippen LogP contribution in [0.3, 0.4) is 0 Å². The highest BCUT2D eigenvalue weighted by Gasteiger charge is 2.18. The molecule has 1 amide bonds. The van der Waals surface area contributed by atoms with Gasteiger partial charge in [-0.15, -0.1) is 5.10 Å². The lowest BCUT2D eigenvalue weighted by atomic mass is 10.2. The van der Waals surface area contributed by atoms with Crippen LogP contribution in [0.15, 0.2) is 29.3 Å². The van der Waals surface area contributed by atoms with Crippen LogP contribution in [0.25, 0.3) is 16.9 Å². The van der Waals surface area contributed by atoms with E-state index in [-0.39, 0.29) is 24.1 Å². The van der Waals surface area contributed by atoms with Crippen LogP contribution in [0.2, 0.25) is 5.02 Å². The molecule has 1 aliphatic rings. The van der Waals surface area contributed by atoms with Crippen LogP contribution in [0.5, 0.6) is 0 Å². The quantitative estimate of drug-likeness (QED) is 0.688. The fourth-order valence-corrected chi connectivity index (χ4v) is 3.26. The SMILES string of the molecule is Cc1ccc(-n2nnc3c(=O)n(CC(=O)NC[C@@H]4CCCO4)cnc32)cc1Cl. The molecule has 3 heterocycles. The third-order valence-corrected chi connectivity index (χ3v) is 5.10. The van der Waals surface area contributed by atoms with Crippen molar-refractivity contribution in [3.05, 3.63) is 45.5 Å². The molecule has 0 unspecified atom stereocenters. The zero-order valence-corrected chi connectivity index (χ0v) is 16.0. The normalized spacial score (nSPS) is 16.6. The average molecular weight is 403 g/mol. The number of halogens is 1. The van der Waals surface area contributed by atoms with Crippen molar-refractivity contribution in [3.8, 4) is 5.69 Å². The fraction of sp³-hybridized carbons (Fsp3) is 0.389. The topological polar surface area (TPSA) is 104 Å². The fourth-order valence-electron chi connectivity index (χ4n) is 3.09. The van der Waals surface area contributed by atoms with Gasteiger partial charge in [0.05, 0.1) is 11.8 Å². The first-order valence-corrected chi connectivity index (χ1v) is 9.36. The molecule has 1 fully saturated rings. The van der Waals surface area contributed by atoms with Crippen molar-refractivity contribution in [2.45, 2.75) is 32.4 Å². The standard InChI is InChI=1S/C18H19ClN6O3/c1-11-4-5-12(7-14(11)19)25-17-16(22-23-25)18(27)24(10-21-17)9-15(26)20-8-13-3-2-6-28-13/h4-5,7,10,13H,2-3,6,8-9H2,1H3,(H,20,26)/t13-/m0/s1. The predicted molar refractivity (Wildman–Crippen MR) is 103 cm³/mol. The summed E-state index contributed by atoms with van der Waals surface area (Å²) in [5.74, 6) is -0.281. The van der Waals surface area contributed by atoms with E-state index in [0.29, 0.717) is 22.9 Å². The second-order valence-electron chi connectivity index (χ2n) is 6.72. The molecule has 1 aliphatic heterocycles. The van der Waals surface area contributed by atoms with E-state index >= 15 is 0 Å². The van der Waals surface area contributed by atoms with E-state index in [2.05, 4.69) is 20.6 Å². The Morgan fingerprint density at radius 2 is 2.29 bits per heavy atom. The molecule has 1 aromatic carbocycles. The molecule has 10 heteroatoms. The molecule has 3 aromatic rings. The number of rotatable bonds is 5. The maximum atomic E-state index is 12.7. The molecule has 0 bridgehead atoms. The summed E-state index contributed by atoms with van der Waals surface area (Å²) >= 11 is 6.17. The molecule has 28 heavy (non-hydrogen) atoms. The van der Waals surface area contributed by atoms with Crippen molar-refractivity contribution in [2.75, 3.05) is 13.2 Å². The first-order chi connectivity index (χ1) is 13.5.